The summed E-state index contributed by atoms with van der Waals surface area (Å²) in [6.45, 7) is 4.35. The van der Waals surface area contributed by atoms with E-state index in [-0.39, 0.29) is 18.1 Å². The van der Waals surface area contributed by atoms with Crippen molar-refractivity contribution in [3.63, 3.8) is 0 Å². The van der Waals surface area contributed by atoms with Gasteiger partial charge >= 0.3 is 0 Å². The maximum atomic E-state index is 12.7. The van der Waals surface area contributed by atoms with Crippen molar-refractivity contribution in [3.8, 4) is 0 Å². The molecule has 0 amide bonds. The van der Waals surface area contributed by atoms with Gasteiger partial charge in [0.1, 0.15) is 5.58 Å². The van der Waals surface area contributed by atoms with E-state index in [0.717, 1.165) is 32.6 Å². The van der Waals surface area contributed by atoms with Crippen LogP contribution in [0, 0.1) is 0 Å². The van der Waals surface area contributed by atoms with Crippen molar-refractivity contribution in [2.75, 3.05) is 26.2 Å². The van der Waals surface area contributed by atoms with Gasteiger partial charge in [0.05, 0.1) is 11.6 Å². The molecule has 6 heteroatoms. The fraction of sp³-hybridized carbons (Fsp3) is 0.381. The lowest BCUT2D eigenvalue weighted by Crippen LogP contribution is -2.52. The third kappa shape index (κ3) is 4.14. The van der Waals surface area contributed by atoms with Crippen LogP contribution < -0.4 is 5.43 Å². The SMILES string of the molecule is O=c1c(CN2CCN(Cc3ccsc3)[C@@H](CCO)C2)coc2ccccc12. The molecular weight excluding hydrogens is 360 g/mol. The van der Waals surface area contributed by atoms with Gasteiger partial charge in [0.25, 0.3) is 0 Å². The summed E-state index contributed by atoms with van der Waals surface area (Å²) < 4.78 is 5.65. The minimum Gasteiger partial charge on any atom is -0.464 e. The molecule has 0 spiro atoms. The number of benzene rings is 1. The molecule has 1 aliphatic rings. The Bertz CT molecular complexity index is 938. The first-order valence-electron chi connectivity index (χ1n) is 9.32. The Morgan fingerprint density at radius 1 is 1.19 bits per heavy atom. The second-order valence-corrected chi connectivity index (χ2v) is 7.87. The van der Waals surface area contributed by atoms with Crippen LogP contribution in [0.2, 0.25) is 0 Å². The molecule has 0 saturated carbocycles. The zero-order chi connectivity index (χ0) is 18.6. The molecule has 2 aromatic heterocycles. The van der Waals surface area contributed by atoms with E-state index < -0.39 is 0 Å². The lowest BCUT2D eigenvalue weighted by Gasteiger charge is -2.41. The number of aliphatic hydroxyl groups is 1. The van der Waals surface area contributed by atoms with Crippen LogP contribution in [0.3, 0.4) is 0 Å². The molecule has 1 aliphatic heterocycles. The Morgan fingerprint density at radius 3 is 2.89 bits per heavy atom. The number of aliphatic hydroxyl groups excluding tert-OH is 1. The molecule has 0 aliphatic carbocycles. The van der Waals surface area contributed by atoms with Crippen molar-refractivity contribution in [1.82, 2.24) is 9.80 Å². The second kappa shape index (κ2) is 8.35. The van der Waals surface area contributed by atoms with Crippen molar-refractivity contribution in [3.05, 3.63) is 68.7 Å². The first kappa shape index (κ1) is 18.4. The quantitative estimate of drug-likeness (QED) is 0.708. The molecule has 1 saturated heterocycles. The van der Waals surface area contributed by atoms with E-state index in [1.165, 1.54) is 5.56 Å². The predicted octanol–water partition coefficient (Wildman–Crippen LogP) is 2.92. The van der Waals surface area contributed by atoms with E-state index >= 15 is 0 Å². The summed E-state index contributed by atoms with van der Waals surface area (Å²) in [4.78, 5) is 17.5. The van der Waals surface area contributed by atoms with Gasteiger partial charge in [-0.05, 0) is 40.9 Å². The number of thiophene rings is 1. The Labute approximate surface area is 162 Å². The van der Waals surface area contributed by atoms with Crippen molar-refractivity contribution in [2.24, 2.45) is 0 Å². The van der Waals surface area contributed by atoms with Crippen LogP contribution in [0.5, 0.6) is 0 Å². The largest absolute Gasteiger partial charge is 0.464 e. The standard InChI is InChI=1S/C21H24N2O3S/c24-9-5-18-13-22(7-8-23(18)11-16-6-10-27-15-16)12-17-14-26-20-4-2-1-3-19(20)21(17)25/h1-4,6,10,14-15,18,24H,5,7-9,11-13H2/t18-/m0/s1. The normalized spacial score (nSPS) is 18.9. The first-order valence-corrected chi connectivity index (χ1v) is 10.3. The van der Waals surface area contributed by atoms with Gasteiger partial charge in [-0.25, -0.2) is 0 Å². The lowest BCUT2D eigenvalue weighted by molar-refractivity contribution is 0.0497. The van der Waals surface area contributed by atoms with Gasteiger partial charge in [0, 0.05) is 50.9 Å². The average Bonchev–Trinajstić information content (AvgIpc) is 3.20. The fourth-order valence-electron chi connectivity index (χ4n) is 3.82. The highest BCUT2D eigenvalue weighted by Gasteiger charge is 2.27. The van der Waals surface area contributed by atoms with Gasteiger partial charge in [0.2, 0.25) is 0 Å². The monoisotopic (exact) mass is 384 g/mol. The summed E-state index contributed by atoms with van der Waals surface area (Å²) in [5, 5.41) is 14.4. The van der Waals surface area contributed by atoms with Crippen LogP contribution in [0.25, 0.3) is 11.0 Å². The number of hydrogen-bond donors (Lipinski definition) is 1. The topological polar surface area (TPSA) is 56.9 Å². The molecule has 4 rings (SSSR count). The van der Waals surface area contributed by atoms with E-state index in [2.05, 4.69) is 26.6 Å². The molecule has 3 heterocycles. The van der Waals surface area contributed by atoms with Crippen molar-refractivity contribution in [1.29, 1.82) is 0 Å². The summed E-state index contributed by atoms with van der Waals surface area (Å²) in [5.74, 6) is 0. The molecule has 1 aromatic carbocycles. The third-order valence-electron chi connectivity index (χ3n) is 5.26. The Morgan fingerprint density at radius 2 is 2.07 bits per heavy atom. The summed E-state index contributed by atoms with van der Waals surface area (Å²) in [6.07, 6.45) is 2.34. The maximum absolute atomic E-state index is 12.7. The molecule has 5 nitrogen and oxygen atoms in total. The molecule has 1 fully saturated rings. The molecule has 0 unspecified atom stereocenters. The van der Waals surface area contributed by atoms with Crippen LogP contribution in [0.15, 0.2) is 56.6 Å². The average molecular weight is 385 g/mol. The number of hydrogen-bond acceptors (Lipinski definition) is 6. The minimum absolute atomic E-state index is 0.0521. The van der Waals surface area contributed by atoms with Crippen LogP contribution in [-0.4, -0.2) is 47.2 Å². The van der Waals surface area contributed by atoms with Gasteiger partial charge in [0.15, 0.2) is 5.43 Å². The second-order valence-electron chi connectivity index (χ2n) is 7.09. The number of para-hydroxylation sites is 1. The highest BCUT2D eigenvalue weighted by molar-refractivity contribution is 7.07. The molecule has 1 N–H and O–H groups in total. The molecule has 0 radical (unpaired) electrons. The Hall–Kier alpha value is -1.99. The summed E-state index contributed by atoms with van der Waals surface area (Å²) in [5.41, 5.74) is 2.70. The summed E-state index contributed by atoms with van der Waals surface area (Å²) in [6, 6.07) is 9.82. The zero-order valence-electron chi connectivity index (χ0n) is 15.2. The number of fused-ring (bicyclic) bond motifs is 1. The smallest absolute Gasteiger partial charge is 0.197 e. The Kier molecular flexibility index (Phi) is 5.69. The maximum Gasteiger partial charge on any atom is 0.197 e. The molecular formula is C21H24N2O3S. The molecule has 1 atom stereocenters. The van der Waals surface area contributed by atoms with Gasteiger partial charge in [-0.3, -0.25) is 14.6 Å². The predicted molar refractivity (Wildman–Crippen MR) is 108 cm³/mol. The Balaban J connectivity index is 1.47. The van der Waals surface area contributed by atoms with E-state index in [1.807, 2.05) is 24.3 Å². The van der Waals surface area contributed by atoms with E-state index in [9.17, 15) is 9.90 Å². The highest BCUT2D eigenvalue weighted by atomic mass is 32.1. The number of nitrogens with zero attached hydrogens (tertiary/aromatic N) is 2. The minimum atomic E-state index is 0.0521. The van der Waals surface area contributed by atoms with E-state index in [1.54, 1.807) is 17.6 Å². The lowest BCUT2D eigenvalue weighted by atomic mass is 10.1. The summed E-state index contributed by atoms with van der Waals surface area (Å²) in [7, 11) is 0. The van der Waals surface area contributed by atoms with Crippen LogP contribution in [0.4, 0.5) is 0 Å². The van der Waals surface area contributed by atoms with Crippen LogP contribution in [-0.2, 0) is 13.1 Å². The van der Waals surface area contributed by atoms with Gasteiger partial charge < -0.3 is 9.52 Å². The van der Waals surface area contributed by atoms with Crippen molar-refractivity contribution >= 4 is 22.3 Å². The van der Waals surface area contributed by atoms with E-state index in [0.29, 0.717) is 23.1 Å². The van der Waals surface area contributed by atoms with Gasteiger partial charge in [-0.1, -0.05) is 12.1 Å². The molecule has 142 valence electrons. The number of rotatable bonds is 6. The van der Waals surface area contributed by atoms with E-state index in [4.69, 9.17) is 4.42 Å². The van der Waals surface area contributed by atoms with Crippen molar-refractivity contribution < 1.29 is 9.52 Å². The van der Waals surface area contributed by atoms with Crippen LogP contribution in [0.1, 0.15) is 17.5 Å². The molecule has 27 heavy (non-hydrogen) atoms. The number of piperazine rings is 1. The molecule has 0 bridgehead atoms. The van der Waals surface area contributed by atoms with Crippen LogP contribution >= 0.6 is 11.3 Å². The highest BCUT2D eigenvalue weighted by Crippen LogP contribution is 2.19. The molecule has 3 aromatic rings. The van der Waals surface area contributed by atoms with Crippen molar-refractivity contribution in [2.45, 2.75) is 25.6 Å². The van der Waals surface area contributed by atoms with Gasteiger partial charge in [-0.15, -0.1) is 0 Å². The third-order valence-corrected chi connectivity index (χ3v) is 5.99. The fourth-order valence-corrected chi connectivity index (χ4v) is 4.48. The summed E-state index contributed by atoms with van der Waals surface area (Å²) >= 11 is 1.72. The van der Waals surface area contributed by atoms with Gasteiger partial charge in [-0.2, -0.15) is 11.3 Å². The zero-order valence-corrected chi connectivity index (χ0v) is 16.0. The first-order chi connectivity index (χ1) is 13.2.